The molecule has 82 valence electrons. The van der Waals surface area contributed by atoms with Crippen molar-refractivity contribution in [2.75, 3.05) is 0 Å². The molecular formula is C11H15NO3. The topological polar surface area (TPSA) is 59.4 Å². The molecule has 1 unspecified atom stereocenters. The number of aliphatic hydroxyl groups excluding tert-OH is 1. The van der Waals surface area contributed by atoms with Crippen molar-refractivity contribution in [1.29, 1.82) is 0 Å². The second-order valence-electron chi connectivity index (χ2n) is 4.22. The minimum absolute atomic E-state index is 0.485. The first-order chi connectivity index (χ1) is 6.90. The highest BCUT2D eigenvalue weighted by Gasteiger charge is 2.24. The van der Waals surface area contributed by atoms with Crippen LogP contribution < -0.4 is 0 Å². The van der Waals surface area contributed by atoms with Gasteiger partial charge in [0.15, 0.2) is 6.10 Å². The molecule has 0 aromatic carbocycles. The van der Waals surface area contributed by atoms with Crippen LogP contribution in [0.25, 0.3) is 0 Å². The summed E-state index contributed by atoms with van der Waals surface area (Å²) in [7, 11) is 0. The Hall–Kier alpha value is -1.42. The SMILES string of the molecule is CC(C)(C)OC(=O)C(O)c1ccncc1. The molecule has 1 N–H and O–H groups in total. The average Bonchev–Trinajstić information content (AvgIpc) is 2.15. The minimum Gasteiger partial charge on any atom is -0.458 e. The number of pyridine rings is 1. The van der Waals surface area contributed by atoms with Gasteiger partial charge < -0.3 is 9.84 Å². The Labute approximate surface area is 88.9 Å². The van der Waals surface area contributed by atoms with Gasteiger partial charge in [0.25, 0.3) is 0 Å². The van der Waals surface area contributed by atoms with Gasteiger partial charge in [-0.1, -0.05) is 0 Å². The first kappa shape index (κ1) is 11.7. The van der Waals surface area contributed by atoms with E-state index in [1.54, 1.807) is 32.9 Å². The van der Waals surface area contributed by atoms with Crippen LogP contribution in [0.4, 0.5) is 0 Å². The van der Waals surface area contributed by atoms with E-state index in [9.17, 15) is 9.90 Å². The van der Waals surface area contributed by atoms with E-state index in [1.165, 1.54) is 12.4 Å². The Morgan fingerprint density at radius 2 is 1.93 bits per heavy atom. The Balaban J connectivity index is 2.70. The molecule has 1 aromatic rings. The number of rotatable bonds is 2. The van der Waals surface area contributed by atoms with E-state index in [4.69, 9.17) is 4.74 Å². The number of aliphatic hydroxyl groups is 1. The Kier molecular flexibility index (Phi) is 3.42. The van der Waals surface area contributed by atoms with Crippen LogP contribution in [0.2, 0.25) is 0 Å². The third-order valence-corrected chi connectivity index (χ3v) is 1.65. The summed E-state index contributed by atoms with van der Waals surface area (Å²) in [5.41, 5.74) is -0.107. The minimum atomic E-state index is -1.24. The van der Waals surface area contributed by atoms with E-state index in [1.807, 2.05) is 0 Å². The average molecular weight is 209 g/mol. The van der Waals surface area contributed by atoms with Gasteiger partial charge >= 0.3 is 5.97 Å². The third kappa shape index (κ3) is 3.67. The summed E-state index contributed by atoms with van der Waals surface area (Å²) >= 11 is 0. The molecule has 1 heterocycles. The van der Waals surface area contributed by atoms with Gasteiger partial charge in [0.2, 0.25) is 0 Å². The van der Waals surface area contributed by atoms with Crippen molar-refractivity contribution in [1.82, 2.24) is 4.98 Å². The summed E-state index contributed by atoms with van der Waals surface area (Å²) in [4.78, 5) is 15.3. The first-order valence-electron chi connectivity index (χ1n) is 4.71. The van der Waals surface area contributed by atoms with Crippen molar-refractivity contribution >= 4 is 5.97 Å². The van der Waals surface area contributed by atoms with Crippen molar-refractivity contribution in [3.05, 3.63) is 30.1 Å². The van der Waals surface area contributed by atoms with E-state index >= 15 is 0 Å². The first-order valence-corrected chi connectivity index (χ1v) is 4.71. The fraction of sp³-hybridized carbons (Fsp3) is 0.455. The van der Waals surface area contributed by atoms with Gasteiger partial charge in [-0.2, -0.15) is 0 Å². The molecule has 1 rings (SSSR count). The lowest BCUT2D eigenvalue weighted by molar-refractivity contribution is -0.165. The Morgan fingerprint density at radius 1 is 1.40 bits per heavy atom. The van der Waals surface area contributed by atoms with E-state index in [0.717, 1.165) is 0 Å². The zero-order chi connectivity index (χ0) is 11.5. The number of aromatic nitrogens is 1. The monoisotopic (exact) mass is 209 g/mol. The van der Waals surface area contributed by atoms with Gasteiger partial charge in [-0.25, -0.2) is 4.79 Å². The van der Waals surface area contributed by atoms with Crippen LogP contribution in [-0.4, -0.2) is 21.7 Å². The largest absolute Gasteiger partial charge is 0.458 e. The van der Waals surface area contributed by atoms with Crippen molar-refractivity contribution in [2.24, 2.45) is 0 Å². The van der Waals surface area contributed by atoms with Crippen molar-refractivity contribution < 1.29 is 14.6 Å². The second-order valence-corrected chi connectivity index (χ2v) is 4.22. The van der Waals surface area contributed by atoms with Crippen molar-refractivity contribution in [3.63, 3.8) is 0 Å². The number of ether oxygens (including phenoxy) is 1. The highest BCUT2D eigenvalue weighted by Crippen LogP contribution is 2.17. The summed E-state index contributed by atoms with van der Waals surface area (Å²) in [5, 5.41) is 9.65. The molecule has 15 heavy (non-hydrogen) atoms. The van der Waals surface area contributed by atoms with Crippen molar-refractivity contribution in [2.45, 2.75) is 32.5 Å². The summed E-state index contributed by atoms with van der Waals surface area (Å²) in [6.07, 6.45) is 1.79. The molecule has 0 radical (unpaired) electrons. The normalized spacial score (nSPS) is 13.3. The van der Waals surface area contributed by atoms with Crippen molar-refractivity contribution in [3.8, 4) is 0 Å². The maximum atomic E-state index is 11.5. The quantitative estimate of drug-likeness (QED) is 0.749. The van der Waals surface area contributed by atoms with Crippen LogP contribution in [0.1, 0.15) is 32.4 Å². The predicted molar refractivity (Wildman–Crippen MR) is 55.0 cm³/mol. The lowest BCUT2D eigenvalue weighted by Crippen LogP contribution is -2.27. The third-order valence-electron chi connectivity index (χ3n) is 1.65. The van der Waals surface area contributed by atoms with Gasteiger partial charge in [0, 0.05) is 12.4 Å². The number of esters is 1. The number of hydrogen-bond acceptors (Lipinski definition) is 4. The van der Waals surface area contributed by atoms with E-state index < -0.39 is 17.7 Å². The maximum absolute atomic E-state index is 11.5. The van der Waals surface area contributed by atoms with Gasteiger partial charge in [-0.15, -0.1) is 0 Å². The summed E-state index contributed by atoms with van der Waals surface area (Å²) in [6.45, 7) is 5.26. The van der Waals surface area contributed by atoms with Crippen LogP contribution in [-0.2, 0) is 9.53 Å². The molecule has 0 aliphatic heterocycles. The van der Waals surface area contributed by atoms with Gasteiger partial charge in [-0.05, 0) is 38.5 Å². The molecule has 0 bridgehead atoms. The van der Waals surface area contributed by atoms with Crippen LogP contribution in [0.3, 0.4) is 0 Å². The molecule has 0 fully saturated rings. The van der Waals surface area contributed by atoms with Crippen LogP contribution in [0, 0.1) is 0 Å². The van der Waals surface area contributed by atoms with Gasteiger partial charge in [-0.3, -0.25) is 4.98 Å². The van der Waals surface area contributed by atoms with Crippen LogP contribution >= 0.6 is 0 Å². The molecule has 1 aromatic heterocycles. The maximum Gasteiger partial charge on any atom is 0.340 e. The zero-order valence-electron chi connectivity index (χ0n) is 9.10. The molecule has 0 aliphatic carbocycles. The molecule has 4 heteroatoms. The molecule has 0 amide bonds. The van der Waals surface area contributed by atoms with Crippen LogP contribution in [0.15, 0.2) is 24.5 Å². The Morgan fingerprint density at radius 3 is 2.40 bits per heavy atom. The molecule has 0 aliphatic rings. The zero-order valence-corrected chi connectivity index (χ0v) is 9.10. The van der Waals surface area contributed by atoms with E-state index in [2.05, 4.69) is 4.98 Å². The fourth-order valence-electron chi connectivity index (χ4n) is 1.04. The molecule has 0 saturated carbocycles. The summed E-state index contributed by atoms with van der Waals surface area (Å²) in [6, 6.07) is 3.16. The molecule has 1 atom stereocenters. The lowest BCUT2D eigenvalue weighted by Gasteiger charge is -2.21. The summed E-state index contributed by atoms with van der Waals surface area (Å²) < 4.78 is 5.04. The fourth-order valence-corrected chi connectivity index (χ4v) is 1.04. The van der Waals surface area contributed by atoms with Gasteiger partial charge in [0.1, 0.15) is 5.60 Å². The number of hydrogen-bond donors (Lipinski definition) is 1. The predicted octanol–water partition coefficient (Wildman–Crippen LogP) is 1.46. The second kappa shape index (κ2) is 4.40. The Bertz CT molecular complexity index is 329. The van der Waals surface area contributed by atoms with E-state index in [-0.39, 0.29) is 0 Å². The summed E-state index contributed by atoms with van der Waals surface area (Å²) in [5.74, 6) is -0.645. The van der Waals surface area contributed by atoms with Gasteiger partial charge in [0.05, 0.1) is 0 Å². The molecule has 0 saturated heterocycles. The number of carbonyl (C=O) groups excluding carboxylic acids is 1. The van der Waals surface area contributed by atoms with E-state index in [0.29, 0.717) is 5.56 Å². The molecular weight excluding hydrogens is 194 g/mol. The number of carbonyl (C=O) groups is 1. The molecule has 4 nitrogen and oxygen atoms in total. The highest BCUT2D eigenvalue weighted by atomic mass is 16.6. The smallest absolute Gasteiger partial charge is 0.340 e. The molecule has 0 spiro atoms. The lowest BCUT2D eigenvalue weighted by atomic mass is 10.1. The standard InChI is InChI=1S/C11H15NO3/c1-11(2,3)15-10(14)9(13)8-4-6-12-7-5-8/h4-7,9,13H,1-3H3. The van der Waals surface area contributed by atoms with Crippen LogP contribution in [0.5, 0.6) is 0 Å². The number of nitrogens with zero attached hydrogens (tertiary/aromatic N) is 1. The highest BCUT2D eigenvalue weighted by molar-refractivity contribution is 5.76.